The Bertz CT molecular complexity index is 736. The second-order valence-electron chi connectivity index (χ2n) is 6.26. The van der Waals surface area contributed by atoms with E-state index in [0.29, 0.717) is 11.6 Å². The minimum Gasteiger partial charge on any atom is -0.478 e. The summed E-state index contributed by atoms with van der Waals surface area (Å²) < 4.78 is 1.07. The molecule has 2 aromatic rings. The van der Waals surface area contributed by atoms with Gasteiger partial charge in [0.1, 0.15) is 0 Å². The van der Waals surface area contributed by atoms with Crippen molar-refractivity contribution in [3.8, 4) is 0 Å². The Labute approximate surface area is 180 Å². The SMILES string of the molecule is Cl.Cl.Nc1c(C(=O)O)ccc(I)c1C1CCN(Cc2ccccc2)CC1. The van der Waals surface area contributed by atoms with Crippen LogP contribution in [0.1, 0.15) is 40.2 Å². The van der Waals surface area contributed by atoms with Crippen molar-refractivity contribution in [3.05, 3.63) is 62.7 Å². The van der Waals surface area contributed by atoms with Gasteiger partial charge in [0.25, 0.3) is 0 Å². The van der Waals surface area contributed by atoms with E-state index < -0.39 is 5.97 Å². The molecule has 0 aliphatic carbocycles. The summed E-state index contributed by atoms with van der Waals surface area (Å²) in [5.74, 6) is -0.616. The number of benzene rings is 2. The first-order chi connectivity index (χ1) is 11.6. The molecule has 0 unspecified atom stereocenters. The lowest BCUT2D eigenvalue weighted by Crippen LogP contribution is -2.33. The molecule has 1 aliphatic rings. The first kappa shape index (κ1) is 23.0. The molecule has 1 aliphatic heterocycles. The first-order valence-electron chi connectivity index (χ1n) is 8.13. The second-order valence-corrected chi connectivity index (χ2v) is 7.43. The fourth-order valence-electron chi connectivity index (χ4n) is 3.43. The molecule has 4 nitrogen and oxygen atoms in total. The monoisotopic (exact) mass is 508 g/mol. The minimum absolute atomic E-state index is 0. The van der Waals surface area contributed by atoms with Crippen LogP contribution in [-0.4, -0.2) is 29.1 Å². The summed E-state index contributed by atoms with van der Waals surface area (Å²) >= 11 is 2.27. The number of anilines is 1. The van der Waals surface area contributed by atoms with Crippen LogP contribution in [-0.2, 0) is 6.54 Å². The lowest BCUT2D eigenvalue weighted by Gasteiger charge is -2.33. The molecule has 7 heteroatoms. The number of carboxylic acids is 1. The predicted octanol–water partition coefficient (Wildman–Crippen LogP) is 4.79. The quantitative estimate of drug-likeness (QED) is 0.460. The highest BCUT2D eigenvalue weighted by molar-refractivity contribution is 14.1. The van der Waals surface area contributed by atoms with E-state index >= 15 is 0 Å². The zero-order valence-corrected chi connectivity index (χ0v) is 18.0. The van der Waals surface area contributed by atoms with E-state index in [0.717, 1.165) is 41.6 Å². The number of nitrogens with two attached hydrogens (primary N) is 1. The Kier molecular flexibility index (Phi) is 9.16. The lowest BCUT2D eigenvalue weighted by molar-refractivity contribution is 0.0698. The van der Waals surface area contributed by atoms with Crippen molar-refractivity contribution >= 4 is 59.1 Å². The molecule has 0 atom stereocenters. The molecule has 0 bridgehead atoms. The van der Waals surface area contributed by atoms with Crippen molar-refractivity contribution in [1.29, 1.82) is 0 Å². The lowest BCUT2D eigenvalue weighted by atomic mass is 9.87. The maximum Gasteiger partial charge on any atom is 0.337 e. The van der Waals surface area contributed by atoms with Gasteiger partial charge in [-0.15, -0.1) is 24.8 Å². The van der Waals surface area contributed by atoms with Gasteiger partial charge in [0, 0.05) is 10.1 Å². The molecule has 1 heterocycles. The number of nitrogen functional groups attached to an aromatic ring is 1. The molecule has 0 radical (unpaired) electrons. The first-order valence-corrected chi connectivity index (χ1v) is 9.21. The van der Waals surface area contributed by atoms with Crippen molar-refractivity contribution in [3.63, 3.8) is 0 Å². The average molecular weight is 509 g/mol. The number of piperidine rings is 1. The Morgan fingerprint density at radius 3 is 2.31 bits per heavy atom. The van der Waals surface area contributed by atoms with Crippen LogP contribution >= 0.6 is 47.4 Å². The van der Waals surface area contributed by atoms with Crippen molar-refractivity contribution in [1.82, 2.24) is 4.90 Å². The Morgan fingerprint density at radius 2 is 1.73 bits per heavy atom. The van der Waals surface area contributed by atoms with Gasteiger partial charge in [-0.05, 0) is 77.7 Å². The Hall–Kier alpha value is -1.02. The van der Waals surface area contributed by atoms with Crippen LogP contribution < -0.4 is 5.73 Å². The van der Waals surface area contributed by atoms with Crippen LogP contribution in [0.15, 0.2) is 42.5 Å². The van der Waals surface area contributed by atoms with Gasteiger partial charge in [-0.1, -0.05) is 30.3 Å². The highest BCUT2D eigenvalue weighted by atomic mass is 127. The zero-order chi connectivity index (χ0) is 17.1. The standard InChI is InChI=1S/C19H21IN2O2.2ClH/c20-16-7-6-15(19(23)24)18(21)17(16)14-8-10-22(11-9-14)12-13-4-2-1-3-5-13;;/h1-7,14H,8-12,21H2,(H,23,24);2*1H. The summed E-state index contributed by atoms with van der Waals surface area (Å²) in [7, 11) is 0. The number of hydrogen-bond acceptors (Lipinski definition) is 3. The van der Waals surface area contributed by atoms with E-state index in [1.54, 1.807) is 6.07 Å². The summed E-state index contributed by atoms with van der Waals surface area (Å²) in [6.07, 6.45) is 2.02. The third-order valence-corrected chi connectivity index (χ3v) is 5.65. The van der Waals surface area contributed by atoms with E-state index in [1.165, 1.54) is 5.56 Å². The molecule has 1 fully saturated rings. The molecular formula is C19H23Cl2IN2O2. The molecule has 0 amide bonds. The smallest absolute Gasteiger partial charge is 0.337 e. The number of rotatable bonds is 4. The molecule has 1 saturated heterocycles. The van der Waals surface area contributed by atoms with Crippen molar-refractivity contribution < 1.29 is 9.90 Å². The average Bonchev–Trinajstić information content (AvgIpc) is 2.57. The maximum absolute atomic E-state index is 11.3. The van der Waals surface area contributed by atoms with E-state index in [-0.39, 0.29) is 30.4 Å². The fraction of sp³-hybridized carbons (Fsp3) is 0.316. The van der Waals surface area contributed by atoms with Crippen LogP contribution in [0, 0.1) is 3.57 Å². The molecule has 142 valence electrons. The predicted molar refractivity (Wildman–Crippen MR) is 119 cm³/mol. The van der Waals surface area contributed by atoms with Gasteiger partial charge in [-0.2, -0.15) is 0 Å². The number of nitrogens with zero attached hydrogens (tertiary/aromatic N) is 1. The summed E-state index contributed by atoms with van der Waals surface area (Å²) in [6, 6.07) is 14.0. The van der Waals surface area contributed by atoms with Crippen LogP contribution in [0.25, 0.3) is 0 Å². The van der Waals surface area contributed by atoms with E-state index in [2.05, 4.69) is 51.8 Å². The van der Waals surface area contributed by atoms with E-state index in [9.17, 15) is 9.90 Å². The number of hydrogen-bond donors (Lipinski definition) is 2. The summed E-state index contributed by atoms with van der Waals surface area (Å²) in [5.41, 5.74) is 9.19. The molecular weight excluding hydrogens is 486 g/mol. The number of carboxylic acid groups (broad SMARTS) is 1. The summed E-state index contributed by atoms with van der Waals surface area (Å²) in [6.45, 7) is 2.98. The second kappa shape index (κ2) is 10.3. The highest BCUT2D eigenvalue weighted by Gasteiger charge is 2.26. The highest BCUT2D eigenvalue weighted by Crippen LogP contribution is 2.36. The molecule has 2 aromatic carbocycles. The molecule has 0 saturated carbocycles. The van der Waals surface area contributed by atoms with Crippen LogP contribution in [0.5, 0.6) is 0 Å². The molecule has 0 spiro atoms. The van der Waals surface area contributed by atoms with Gasteiger partial charge in [-0.3, -0.25) is 4.90 Å². The zero-order valence-electron chi connectivity index (χ0n) is 14.2. The fourth-order valence-corrected chi connectivity index (χ4v) is 4.34. The third-order valence-electron chi connectivity index (χ3n) is 4.71. The van der Waals surface area contributed by atoms with Crippen LogP contribution in [0.3, 0.4) is 0 Å². The van der Waals surface area contributed by atoms with E-state index in [1.807, 2.05) is 12.1 Å². The Morgan fingerprint density at radius 1 is 1.12 bits per heavy atom. The molecule has 3 rings (SSSR count). The molecule has 26 heavy (non-hydrogen) atoms. The van der Waals surface area contributed by atoms with Crippen molar-refractivity contribution in [2.45, 2.75) is 25.3 Å². The summed E-state index contributed by atoms with van der Waals surface area (Å²) in [5, 5.41) is 9.29. The molecule has 3 N–H and O–H groups in total. The van der Waals surface area contributed by atoms with Gasteiger partial charge in [0.15, 0.2) is 0 Å². The summed E-state index contributed by atoms with van der Waals surface area (Å²) in [4.78, 5) is 13.8. The largest absolute Gasteiger partial charge is 0.478 e. The van der Waals surface area contributed by atoms with Crippen molar-refractivity contribution in [2.24, 2.45) is 0 Å². The number of carbonyl (C=O) groups is 1. The van der Waals surface area contributed by atoms with Gasteiger partial charge >= 0.3 is 5.97 Å². The Balaban J connectivity index is 0.00000169. The third kappa shape index (κ3) is 5.25. The topological polar surface area (TPSA) is 66.6 Å². The van der Waals surface area contributed by atoms with Crippen molar-refractivity contribution in [2.75, 3.05) is 18.8 Å². The van der Waals surface area contributed by atoms with Crippen LogP contribution in [0.4, 0.5) is 5.69 Å². The van der Waals surface area contributed by atoms with Crippen LogP contribution in [0.2, 0.25) is 0 Å². The maximum atomic E-state index is 11.3. The number of aromatic carboxylic acids is 1. The number of likely N-dealkylation sites (tertiary alicyclic amines) is 1. The number of halogens is 3. The van der Waals surface area contributed by atoms with Gasteiger partial charge < -0.3 is 10.8 Å². The van der Waals surface area contributed by atoms with Gasteiger partial charge in [-0.25, -0.2) is 4.79 Å². The molecule has 0 aromatic heterocycles. The normalized spacial score (nSPS) is 15.0. The van der Waals surface area contributed by atoms with Gasteiger partial charge in [0.05, 0.1) is 11.3 Å². The van der Waals surface area contributed by atoms with Gasteiger partial charge in [0.2, 0.25) is 0 Å². The minimum atomic E-state index is -0.952. The van der Waals surface area contributed by atoms with E-state index in [4.69, 9.17) is 5.73 Å².